The summed E-state index contributed by atoms with van der Waals surface area (Å²) in [5.41, 5.74) is 0. The van der Waals surface area contributed by atoms with Crippen molar-refractivity contribution in [3.8, 4) is 0 Å². The van der Waals surface area contributed by atoms with Crippen LogP contribution in [0.25, 0.3) is 0 Å². The molecule has 1 rings (SSSR count). The Morgan fingerprint density at radius 1 is 1.20 bits per heavy atom. The molecule has 1 aliphatic carbocycles. The third kappa shape index (κ3) is 5.02. The van der Waals surface area contributed by atoms with Gasteiger partial charge in [0.25, 0.3) is 0 Å². The van der Waals surface area contributed by atoms with Crippen molar-refractivity contribution in [3.63, 3.8) is 0 Å². The molecular formula is C10H17ClN2O2. The molecule has 0 aliphatic heterocycles. The first-order valence-electron chi connectivity index (χ1n) is 5.31. The Bertz CT molecular complexity index is 229. The number of amides is 2. The van der Waals surface area contributed by atoms with E-state index in [0.717, 1.165) is 12.3 Å². The number of nitrogens with one attached hydrogen (secondary N) is 2. The highest BCUT2D eigenvalue weighted by Gasteiger charge is 2.16. The van der Waals surface area contributed by atoms with Crippen LogP contribution in [0.1, 0.15) is 25.7 Å². The molecule has 0 saturated heterocycles. The summed E-state index contributed by atoms with van der Waals surface area (Å²) in [6, 6.07) is 0. The molecule has 1 fully saturated rings. The zero-order chi connectivity index (χ0) is 11.1. The second kappa shape index (κ2) is 6.67. The minimum Gasteiger partial charge on any atom is -0.355 e. The number of hydrogen-bond acceptors (Lipinski definition) is 2. The molecule has 4 nitrogen and oxygen atoms in total. The molecule has 0 atom stereocenters. The Labute approximate surface area is 94.7 Å². The molecule has 15 heavy (non-hydrogen) atoms. The average molecular weight is 233 g/mol. The fourth-order valence-corrected chi connectivity index (χ4v) is 1.58. The van der Waals surface area contributed by atoms with Gasteiger partial charge >= 0.3 is 0 Å². The van der Waals surface area contributed by atoms with Crippen LogP contribution in [0.15, 0.2) is 0 Å². The summed E-state index contributed by atoms with van der Waals surface area (Å²) in [4.78, 5) is 21.9. The second-order valence-electron chi connectivity index (χ2n) is 3.85. The monoisotopic (exact) mass is 232 g/mol. The van der Waals surface area contributed by atoms with Crippen molar-refractivity contribution >= 4 is 23.4 Å². The van der Waals surface area contributed by atoms with Gasteiger partial charge in [0.1, 0.15) is 5.88 Å². The summed E-state index contributed by atoms with van der Waals surface area (Å²) in [6.07, 6.45) is 4.96. The van der Waals surface area contributed by atoms with Crippen molar-refractivity contribution < 1.29 is 9.59 Å². The van der Waals surface area contributed by atoms with Gasteiger partial charge in [-0.3, -0.25) is 9.59 Å². The van der Waals surface area contributed by atoms with Gasteiger partial charge in [0.05, 0.1) is 6.54 Å². The largest absolute Gasteiger partial charge is 0.355 e. The van der Waals surface area contributed by atoms with Crippen molar-refractivity contribution in [2.45, 2.75) is 25.7 Å². The third-order valence-electron chi connectivity index (χ3n) is 2.67. The first kappa shape index (κ1) is 12.3. The molecule has 0 radical (unpaired) electrons. The highest BCUT2D eigenvalue weighted by atomic mass is 35.5. The van der Waals surface area contributed by atoms with Crippen molar-refractivity contribution in [2.24, 2.45) is 5.92 Å². The standard InChI is InChI=1S/C10H17ClN2O2/c11-6-9(14)13-7-10(15)12-5-4-8-2-1-3-8/h8H,1-7H2,(H,12,15)(H,13,14). The van der Waals surface area contributed by atoms with Crippen molar-refractivity contribution in [3.05, 3.63) is 0 Å². The second-order valence-corrected chi connectivity index (χ2v) is 4.11. The molecule has 0 aromatic heterocycles. The van der Waals surface area contributed by atoms with Gasteiger partial charge in [0.2, 0.25) is 11.8 Å². The molecule has 0 aromatic rings. The summed E-state index contributed by atoms with van der Waals surface area (Å²) < 4.78 is 0. The lowest BCUT2D eigenvalue weighted by Gasteiger charge is -2.25. The first-order valence-corrected chi connectivity index (χ1v) is 5.85. The van der Waals surface area contributed by atoms with Crippen molar-refractivity contribution in [1.82, 2.24) is 10.6 Å². The van der Waals surface area contributed by atoms with Crippen LogP contribution in [0.4, 0.5) is 0 Å². The summed E-state index contributed by atoms with van der Waals surface area (Å²) >= 11 is 5.26. The maximum absolute atomic E-state index is 11.2. The number of carbonyl (C=O) groups is 2. The molecular weight excluding hydrogens is 216 g/mol. The van der Waals surface area contributed by atoms with E-state index < -0.39 is 0 Å². The van der Waals surface area contributed by atoms with E-state index in [4.69, 9.17) is 11.6 Å². The van der Waals surface area contributed by atoms with Crippen LogP contribution in [0.2, 0.25) is 0 Å². The summed E-state index contributed by atoms with van der Waals surface area (Å²) in [7, 11) is 0. The highest BCUT2D eigenvalue weighted by molar-refractivity contribution is 6.27. The number of alkyl halides is 1. The number of rotatable bonds is 6. The van der Waals surface area contributed by atoms with E-state index >= 15 is 0 Å². The molecule has 86 valence electrons. The zero-order valence-corrected chi connectivity index (χ0v) is 9.48. The smallest absolute Gasteiger partial charge is 0.239 e. The van der Waals surface area contributed by atoms with Crippen LogP contribution in [-0.2, 0) is 9.59 Å². The maximum Gasteiger partial charge on any atom is 0.239 e. The minimum atomic E-state index is -0.314. The van der Waals surface area contributed by atoms with Crippen LogP contribution >= 0.6 is 11.6 Å². The number of halogens is 1. The lowest BCUT2D eigenvalue weighted by molar-refractivity contribution is -0.124. The maximum atomic E-state index is 11.2. The Kier molecular flexibility index (Phi) is 5.47. The van der Waals surface area contributed by atoms with E-state index in [2.05, 4.69) is 10.6 Å². The third-order valence-corrected chi connectivity index (χ3v) is 2.91. The lowest BCUT2D eigenvalue weighted by Crippen LogP contribution is -2.38. The molecule has 1 aliphatic rings. The molecule has 0 bridgehead atoms. The van der Waals surface area contributed by atoms with Crippen LogP contribution < -0.4 is 10.6 Å². The fraction of sp³-hybridized carbons (Fsp3) is 0.800. The zero-order valence-electron chi connectivity index (χ0n) is 8.72. The molecule has 0 spiro atoms. The van der Waals surface area contributed by atoms with Gasteiger partial charge in [-0.1, -0.05) is 19.3 Å². The van der Waals surface area contributed by atoms with Crippen LogP contribution in [0.5, 0.6) is 0 Å². The van der Waals surface area contributed by atoms with Gasteiger partial charge in [0.15, 0.2) is 0 Å². The van der Waals surface area contributed by atoms with E-state index in [1.54, 1.807) is 0 Å². The Hall–Kier alpha value is -0.770. The van der Waals surface area contributed by atoms with E-state index in [9.17, 15) is 9.59 Å². The minimum absolute atomic E-state index is 0.0240. The Morgan fingerprint density at radius 2 is 1.93 bits per heavy atom. The number of carbonyl (C=O) groups excluding carboxylic acids is 2. The topological polar surface area (TPSA) is 58.2 Å². The van der Waals surface area contributed by atoms with E-state index in [-0.39, 0.29) is 24.2 Å². The predicted octanol–water partition coefficient (Wildman–Crippen LogP) is 0.648. The van der Waals surface area contributed by atoms with E-state index in [1.165, 1.54) is 19.3 Å². The molecule has 0 heterocycles. The normalized spacial score (nSPS) is 15.5. The summed E-state index contributed by atoms with van der Waals surface area (Å²) in [5, 5.41) is 5.18. The quantitative estimate of drug-likeness (QED) is 0.661. The van der Waals surface area contributed by atoms with E-state index in [1.807, 2.05) is 0 Å². The molecule has 2 N–H and O–H groups in total. The molecule has 2 amide bonds. The summed E-state index contributed by atoms with van der Waals surface area (Å²) in [5.74, 6) is 0.233. The molecule has 5 heteroatoms. The van der Waals surface area contributed by atoms with Crippen LogP contribution in [-0.4, -0.2) is 30.8 Å². The van der Waals surface area contributed by atoms with Gasteiger partial charge in [0, 0.05) is 6.54 Å². The van der Waals surface area contributed by atoms with Gasteiger partial charge in [-0.25, -0.2) is 0 Å². The van der Waals surface area contributed by atoms with Crippen LogP contribution in [0.3, 0.4) is 0 Å². The van der Waals surface area contributed by atoms with Crippen molar-refractivity contribution in [1.29, 1.82) is 0 Å². The van der Waals surface area contributed by atoms with Crippen molar-refractivity contribution in [2.75, 3.05) is 19.0 Å². The average Bonchev–Trinajstić information content (AvgIpc) is 2.18. The Balaban J connectivity index is 1.95. The van der Waals surface area contributed by atoms with Gasteiger partial charge < -0.3 is 10.6 Å². The molecule has 1 saturated carbocycles. The SMILES string of the molecule is O=C(CCl)NCC(=O)NCCC1CCC1. The van der Waals surface area contributed by atoms with Gasteiger partial charge in [-0.05, 0) is 12.3 Å². The molecule has 0 unspecified atom stereocenters. The van der Waals surface area contributed by atoms with Crippen LogP contribution in [0, 0.1) is 5.92 Å². The predicted molar refractivity (Wildman–Crippen MR) is 58.7 cm³/mol. The van der Waals surface area contributed by atoms with E-state index in [0.29, 0.717) is 6.54 Å². The fourth-order valence-electron chi connectivity index (χ4n) is 1.49. The van der Waals surface area contributed by atoms with Gasteiger partial charge in [-0.15, -0.1) is 11.6 Å². The first-order chi connectivity index (χ1) is 7.22. The summed E-state index contributed by atoms with van der Waals surface area (Å²) in [6.45, 7) is 0.733. The number of hydrogen-bond donors (Lipinski definition) is 2. The van der Waals surface area contributed by atoms with Gasteiger partial charge in [-0.2, -0.15) is 0 Å². The highest BCUT2D eigenvalue weighted by Crippen LogP contribution is 2.28. The Morgan fingerprint density at radius 3 is 2.47 bits per heavy atom. The molecule has 0 aromatic carbocycles. The lowest BCUT2D eigenvalue weighted by atomic mass is 9.83.